The fourth-order valence-electron chi connectivity index (χ4n) is 3.23. The molecule has 27 heavy (non-hydrogen) atoms. The summed E-state index contributed by atoms with van der Waals surface area (Å²) in [5, 5.41) is 0.339. The lowest BCUT2D eigenvalue weighted by atomic mass is 9.99. The first-order valence-corrected chi connectivity index (χ1v) is 9.05. The van der Waals surface area contributed by atoms with E-state index in [1.807, 2.05) is 6.07 Å². The largest absolute Gasteiger partial charge is 0.343 e. The number of aliphatic imine (C=N–C) groups is 1. The van der Waals surface area contributed by atoms with Crippen molar-refractivity contribution in [3.8, 4) is 11.1 Å². The third-order valence-corrected chi connectivity index (χ3v) is 4.97. The first-order valence-electron chi connectivity index (χ1n) is 8.68. The van der Waals surface area contributed by atoms with Crippen molar-refractivity contribution in [2.75, 3.05) is 26.2 Å². The van der Waals surface area contributed by atoms with Crippen molar-refractivity contribution in [3.05, 3.63) is 59.9 Å². The van der Waals surface area contributed by atoms with E-state index in [0.29, 0.717) is 47.0 Å². The van der Waals surface area contributed by atoms with Crippen LogP contribution in [0.1, 0.15) is 11.1 Å². The van der Waals surface area contributed by atoms with E-state index in [4.69, 9.17) is 11.6 Å². The summed E-state index contributed by atoms with van der Waals surface area (Å²) in [5.74, 6) is -0.288. The quantitative estimate of drug-likeness (QED) is 0.548. The standard InChI is InChI=1S/C21H21ClFN3O/c1-15(22)19-12-17(4-6-21(19)24-2)18-5-3-16(11-20(18)23)13-25-7-9-26(14-27)10-8-25/h3-6,11-12,14H,1-2,7-10,13H2. The SMILES string of the molecule is C=Nc1ccc(-c2ccc(CN3CCN(C=O)CC3)cc2F)cc1C(=C)Cl. The summed E-state index contributed by atoms with van der Waals surface area (Å²) in [6.45, 7) is 10.9. The van der Waals surface area contributed by atoms with Gasteiger partial charge in [0.25, 0.3) is 0 Å². The maximum Gasteiger partial charge on any atom is 0.209 e. The average Bonchev–Trinajstić information content (AvgIpc) is 2.68. The van der Waals surface area contributed by atoms with Gasteiger partial charge in [0.15, 0.2) is 0 Å². The molecule has 3 rings (SSSR count). The maximum atomic E-state index is 14.8. The molecule has 0 radical (unpaired) electrons. The van der Waals surface area contributed by atoms with Gasteiger partial charge < -0.3 is 4.90 Å². The number of rotatable bonds is 6. The summed E-state index contributed by atoms with van der Waals surface area (Å²) in [7, 11) is 0. The average molecular weight is 386 g/mol. The summed E-state index contributed by atoms with van der Waals surface area (Å²) in [5.41, 5.74) is 3.37. The number of hydrogen-bond donors (Lipinski definition) is 0. The third-order valence-electron chi connectivity index (χ3n) is 4.77. The molecule has 1 aliphatic heterocycles. The molecule has 0 aromatic heterocycles. The number of piperazine rings is 1. The Balaban J connectivity index is 1.79. The van der Waals surface area contributed by atoms with Crippen molar-refractivity contribution < 1.29 is 9.18 Å². The number of nitrogens with zero attached hydrogens (tertiary/aromatic N) is 3. The first kappa shape index (κ1) is 19.3. The van der Waals surface area contributed by atoms with Gasteiger partial charge in [0.05, 0.1) is 5.69 Å². The van der Waals surface area contributed by atoms with Crippen LogP contribution in [0.5, 0.6) is 0 Å². The molecule has 0 atom stereocenters. The molecule has 0 aliphatic carbocycles. The van der Waals surface area contributed by atoms with E-state index in [-0.39, 0.29) is 5.82 Å². The highest BCUT2D eigenvalue weighted by Gasteiger charge is 2.16. The molecule has 0 unspecified atom stereocenters. The number of benzene rings is 2. The molecule has 1 fully saturated rings. The van der Waals surface area contributed by atoms with Crippen molar-refractivity contribution in [3.63, 3.8) is 0 Å². The zero-order valence-electron chi connectivity index (χ0n) is 15.0. The van der Waals surface area contributed by atoms with Crippen LogP contribution in [0.25, 0.3) is 16.2 Å². The van der Waals surface area contributed by atoms with Crippen molar-refractivity contribution in [1.82, 2.24) is 9.80 Å². The van der Waals surface area contributed by atoms with Gasteiger partial charge in [-0.25, -0.2) is 4.39 Å². The second-order valence-electron chi connectivity index (χ2n) is 6.53. The first-order chi connectivity index (χ1) is 13.0. The summed E-state index contributed by atoms with van der Waals surface area (Å²) in [4.78, 5) is 18.7. The zero-order chi connectivity index (χ0) is 19.4. The monoisotopic (exact) mass is 385 g/mol. The Hall–Kier alpha value is -2.50. The van der Waals surface area contributed by atoms with Crippen LogP contribution in [0.4, 0.5) is 10.1 Å². The van der Waals surface area contributed by atoms with Crippen LogP contribution in [0, 0.1) is 5.82 Å². The Kier molecular flexibility index (Phi) is 6.04. The van der Waals surface area contributed by atoms with E-state index in [0.717, 1.165) is 25.1 Å². The van der Waals surface area contributed by atoms with E-state index in [9.17, 15) is 9.18 Å². The Labute approximate surface area is 163 Å². The topological polar surface area (TPSA) is 35.9 Å². The van der Waals surface area contributed by atoms with Gasteiger partial charge in [-0.05, 0) is 36.0 Å². The molecule has 4 nitrogen and oxygen atoms in total. The maximum absolute atomic E-state index is 14.8. The van der Waals surface area contributed by atoms with E-state index in [2.05, 4.69) is 23.2 Å². The molecule has 1 amide bonds. The van der Waals surface area contributed by atoms with Gasteiger partial charge in [-0.1, -0.05) is 36.4 Å². The van der Waals surface area contributed by atoms with Crippen LogP contribution in [0.15, 0.2) is 48.0 Å². The lowest BCUT2D eigenvalue weighted by Crippen LogP contribution is -2.45. The zero-order valence-corrected chi connectivity index (χ0v) is 15.8. The van der Waals surface area contributed by atoms with Gasteiger partial charge in [0.2, 0.25) is 6.41 Å². The molecular formula is C21H21ClFN3O. The number of hydrogen-bond acceptors (Lipinski definition) is 3. The highest BCUT2D eigenvalue weighted by molar-refractivity contribution is 6.48. The minimum atomic E-state index is -0.288. The second-order valence-corrected chi connectivity index (χ2v) is 6.98. The Morgan fingerprint density at radius 1 is 1.19 bits per heavy atom. The molecule has 2 aromatic carbocycles. The molecule has 0 bridgehead atoms. The number of amides is 1. The molecule has 0 spiro atoms. The minimum absolute atomic E-state index is 0.288. The van der Waals surface area contributed by atoms with E-state index in [1.165, 1.54) is 0 Å². The number of carbonyl (C=O) groups excluding carboxylic acids is 1. The summed E-state index contributed by atoms with van der Waals surface area (Å²) >= 11 is 6.03. The third kappa shape index (κ3) is 4.43. The van der Waals surface area contributed by atoms with Crippen LogP contribution < -0.4 is 0 Å². The summed E-state index contributed by atoms with van der Waals surface area (Å²) < 4.78 is 14.8. The molecular weight excluding hydrogens is 365 g/mol. The van der Waals surface area contributed by atoms with Gasteiger partial charge in [-0.15, -0.1) is 0 Å². The van der Waals surface area contributed by atoms with Crippen LogP contribution in [-0.2, 0) is 11.3 Å². The molecule has 6 heteroatoms. The summed E-state index contributed by atoms with van der Waals surface area (Å²) in [6.07, 6.45) is 0.878. The minimum Gasteiger partial charge on any atom is -0.343 e. The smallest absolute Gasteiger partial charge is 0.209 e. The predicted octanol–water partition coefficient (Wildman–Crippen LogP) is 4.31. The predicted molar refractivity (Wildman–Crippen MR) is 109 cm³/mol. The molecule has 0 N–H and O–H groups in total. The van der Waals surface area contributed by atoms with Gasteiger partial charge in [-0.3, -0.25) is 14.7 Å². The van der Waals surface area contributed by atoms with Crippen LogP contribution in [0.3, 0.4) is 0 Å². The Morgan fingerprint density at radius 2 is 1.93 bits per heavy atom. The van der Waals surface area contributed by atoms with Crippen molar-refractivity contribution >= 4 is 35.4 Å². The highest BCUT2D eigenvalue weighted by atomic mass is 35.5. The van der Waals surface area contributed by atoms with Crippen molar-refractivity contribution in [2.24, 2.45) is 4.99 Å². The van der Waals surface area contributed by atoms with Gasteiger partial charge in [0.1, 0.15) is 5.82 Å². The second kappa shape index (κ2) is 8.46. The molecule has 0 saturated carbocycles. The molecule has 1 saturated heterocycles. The number of carbonyl (C=O) groups is 1. The van der Waals surface area contributed by atoms with Gasteiger partial charge in [-0.2, -0.15) is 0 Å². The fourth-order valence-corrected chi connectivity index (χ4v) is 3.39. The highest BCUT2D eigenvalue weighted by Crippen LogP contribution is 2.33. The van der Waals surface area contributed by atoms with E-state index < -0.39 is 0 Å². The molecule has 2 aromatic rings. The molecule has 1 aliphatic rings. The van der Waals surface area contributed by atoms with Crippen LogP contribution in [-0.4, -0.2) is 49.1 Å². The van der Waals surface area contributed by atoms with Crippen molar-refractivity contribution in [2.45, 2.75) is 6.54 Å². The summed E-state index contributed by atoms with van der Waals surface area (Å²) in [6, 6.07) is 10.6. The molecule has 140 valence electrons. The van der Waals surface area contributed by atoms with Gasteiger partial charge in [0, 0.05) is 48.9 Å². The Bertz CT molecular complexity index is 876. The Morgan fingerprint density at radius 3 is 2.52 bits per heavy atom. The normalized spacial score (nSPS) is 14.8. The molecule has 1 heterocycles. The van der Waals surface area contributed by atoms with Gasteiger partial charge >= 0.3 is 0 Å². The van der Waals surface area contributed by atoms with Crippen LogP contribution in [0.2, 0.25) is 0 Å². The van der Waals surface area contributed by atoms with Crippen molar-refractivity contribution in [1.29, 1.82) is 0 Å². The lowest BCUT2D eigenvalue weighted by Gasteiger charge is -2.32. The van der Waals surface area contributed by atoms with E-state index >= 15 is 0 Å². The van der Waals surface area contributed by atoms with E-state index in [1.54, 1.807) is 35.2 Å². The lowest BCUT2D eigenvalue weighted by molar-refractivity contribution is -0.119. The van der Waals surface area contributed by atoms with Crippen LogP contribution >= 0.6 is 11.6 Å². The number of halogens is 2. The fraction of sp³-hybridized carbons (Fsp3) is 0.238.